The summed E-state index contributed by atoms with van der Waals surface area (Å²) >= 11 is 0. The SMILES string of the molecule is CCC(CCNC(=O)NCCC1CCC1)CCC(=O)O. The van der Waals surface area contributed by atoms with Gasteiger partial charge < -0.3 is 15.7 Å². The second-order valence-corrected chi connectivity index (χ2v) is 5.76. The van der Waals surface area contributed by atoms with E-state index in [0.29, 0.717) is 18.9 Å². The fourth-order valence-electron chi connectivity index (χ4n) is 2.50. The Hall–Kier alpha value is -1.26. The molecular weight excluding hydrogens is 256 g/mol. The van der Waals surface area contributed by atoms with Gasteiger partial charge in [0.25, 0.3) is 0 Å². The molecule has 0 saturated heterocycles. The van der Waals surface area contributed by atoms with Crippen molar-refractivity contribution in [2.45, 2.75) is 58.3 Å². The van der Waals surface area contributed by atoms with E-state index in [-0.39, 0.29) is 12.5 Å². The first kappa shape index (κ1) is 16.8. The monoisotopic (exact) mass is 284 g/mol. The largest absolute Gasteiger partial charge is 0.481 e. The smallest absolute Gasteiger partial charge is 0.314 e. The predicted molar refractivity (Wildman–Crippen MR) is 78.6 cm³/mol. The van der Waals surface area contributed by atoms with Crippen LogP contribution in [0.15, 0.2) is 0 Å². The minimum absolute atomic E-state index is 0.0996. The molecule has 0 bridgehead atoms. The van der Waals surface area contributed by atoms with E-state index in [2.05, 4.69) is 17.6 Å². The molecule has 5 nitrogen and oxygen atoms in total. The van der Waals surface area contributed by atoms with E-state index in [1.807, 2.05) is 0 Å². The number of carboxylic acids is 1. The van der Waals surface area contributed by atoms with Gasteiger partial charge in [0.1, 0.15) is 0 Å². The van der Waals surface area contributed by atoms with Crippen LogP contribution in [0.2, 0.25) is 0 Å². The summed E-state index contributed by atoms with van der Waals surface area (Å²) in [6.07, 6.45) is 7.76. The van der Waals surface area contributed by atoms with Gasteiger partial charge in [0.05, 0.1) is 0 Å². The van der Waals surface area contributed by atoms with Crippen LogP contribution in [0.3, 0.4) is 0 Å². The quantitative estimate of drug-likeness (QED) is 0.577. The van der Waals surface area contributed by atoms with Gasteiger partial charge in [-0.3, -0.25) is 4.79 Å². The van der Waals surface area contributed by atoms with Crippen molar-refractivity contribution < 1.29 is 14.7 Å². The summed E-state index contributed by atoms with van der Waals surface area (Å²) < 4.78 is 0. The van der Waals surface area contributed by atoms with Crippen LogP contribution in [0.1, 0.15) is 58.3 Å². The molecule has 1 saturated carbocycles. The number of nitrogens with one attached hydrogen (secondary N) is 2. The van der Waals surface area contributed by atoms with Gasteiger partial charge in [0.15, 0.2) is 0 Å². The summed E-state index contributed by atoms with van der Waals surface area (Å²) in [6, 6.07) is -0.0996. The summed E-state index contributed by atoms with van der Waals surface area (Å²) in [5.74, 6) is 0.447. The maximum atomic E-state index is 11.6. The lowest BCUT2D eigenvalue weighted by Gasteiger charge is -2.25. The van der Waals surface area contributed by atoms with Crippen molar-refractivity contribution in [3.63, 3.8) is 0 Å². The Morgan fingerprint density at radius 2 is 1.90 bits per heavy atom. The normalized spacial score (nSPS) is 16.2. The van der Waals surface area contributed by atoms with E-state index in [9.17, 15) is 9.59 Å². The van der Waals surface area contributed by atoms with Crippen LogP contribution in [0.5, 0.6) is 0 Å². The van der Waals surface area contributed by atoms with Gasteiger partial charge in [0.2, 0.25) is 0 Å². The zero-order valence-corrected chi connectivity index (χ0v) is 12.5. The third-order valence-corrected chi connectivity index (χ3v) is 4.24. The Kier molecular flexibility index (Phi) is 8.07. The van der Waals surface area contributed by atoms with Crippen LogP contribution in [0, 0.1) is 11.8 Å². The average molecular weight is 284 g/mol. The van der Waals surface area contributed by atoms with E-state index in [0.717, 1.165) is 31.7 Å². The van der Waals surface area contributed by atoms with Crippen LogP contribution < -0.4 is 10.6 Å². The van der Waals surface area contributed by atoms with E-state index in [1.54, 1.807) is 0 Å². The molecule has 0 aliphatic heterocycles. The first-order valence-corrected chi connectivity index (χ1v) is 7.85. The summed E-state index contributed by atoms with van der Waals surface area (Å²) in [5.41, 5.74) is 0. The fourth-order valence-corrected chi connectivity index (χ4v) is 2.50. The van der Waals surface area contributed by atoms with Crippen molar-refractivity contribution in [2.24, 2.45) is 11.8 Å². The summed E-state index contributed by atoms with van der Waals surface area (Å²) in [5, 5.41) is 14.4. The van der Waals surface area contributed by atoms with Gasteiger partial charge in [-0.25, -0.2) is 4.79 Å². The van der Waals surface area contributed by atoms with E-state index in [4.69, 9.17) is 5.11 Å². The van der Waals surface area contributed by atoms with Gasteiger partial charge in [-0.05, 0) is 31.1 Å². The van der Waals surface area contributed by atoms with Crippen molar-refractivity contribution >= 4 is 12.0 Å². The first-order valence-electron chi connectivity index (χ1n) is 7.85. The molecule has 1 aliphatic rings. The predicted octanol–water partition coefficient (Wildman–Crippen LogP) is 2.76. The number of hydrogen-bond donors (Lipinski definition) is 3. The maximum Gasteiger partial charge on any atom is 0.314 e. The summed E-state index contributed by atoms with van der Waals surface area (Å²) in [7, 11) is 0. The van der Waals surface area contributed by atoms with Crippen molar-refractivity contribution in [3.8, 4) is 0 Å². The van der Waals surface area contributed by atoms with Crippen molar-refractivity contribution in [1.82, 2.24) is 10.6 Å². The van der Waals surface area contributed by atoms with E-state index in [1.165, 1.54) is 19.3 Å². The van der Waals surface area contributed by atoms with Crippen molar-refractivity contribution in [3.05, 3.63) is 0 Å². The van der Waals surface area contributed by atoms with Crippen molar-refractivity contribution in [1.29, 1.82) is 0 Å². The lowest BCUT2D eigenvalue weighted by Crippen LogP contribution is -2.37. The molecule has 5 heteroatoms. The molecule has 0 spiro atoms. The molecule has 20 heavy (non-hydrogen) atoms. The third-order valence-electron chi connectivity index (χ3n) is 4.24. The Morgan fingerprint density at radius 3 is 2.45 bits per heavy atom. The topological polar surface area (TPSA) is 78.4 Å². The highest BCUT2D eigenvalue weighted by molar-refractivity contribution is 5.73. The lowest BCUT2D eigenvalue weighted by atomic mass is 9.83. The highest BCUT2D eigenvalue weighted by atomic mass is 16.4. The lowest BCUT2D eigenvalue weighted by molar-refractivity contribution is -0.137. The molecule has 1 unspecified atom stereocenters. The van der Waals surface area contributed by atoms with Crippen LogP contribution in [-0.2, 0) is 4.79 Å². The summed E-state index contributed by atoms with van der Waals surface area (Å²) in [4.78, 5) is 22.1. The molecule has 116 valence electrons. The Balaban J connectivity index is 1.99. The fraction of sp³-hybridized carbons (Fsp3) is 0.867. The third kappa shape index (κ3) is 7.36. The highest BCUT2D eigenvalue weighted by Crippen LogP contribution is 2.28. The summed E-state index contributed by atoms with van der Waals surface area (Å²) in [6.45, 7) is 3.44. The molecule has 0 aromatic heterocycles. The van der Waals surface area contributed by atoms with Crippen LogP contribution >= 0.6 is 0 Å². The highest BCUT2D eigenvalue weighted by Gasteiger charge is 2.16. The molecule has 0 radical (unpaired) electrons. The second-order valence-electron chi connectivity index (χ2n) is 5.76. The zero-order valence-electron chi connectivity index (χ0n) is 12.5. The molecular formula is C15H28N2O3. The number of hydrogen-bond acceptors (Lipinski definition) is 2. The van der Waals surface area contributed by atoms with Crippen LogP contribution in [-0.4, -0.2) is 30.2 Å². The average Bonchev–Trinajstić information content (AvgIpc) is 2.36. The Labute approximate surface area is 121 Å². The number of rotatable bonds is 10. The molecule has 0 aromatic rings. The van der Waals surface area contributed by atoms with Gasteiger partial charge >= 0.3 is 12.0 Å². The molecule has 0 heterocycles. The van der Waals surface area contributed by atoms with Crippen molar-refractivity contribution in [2.75, 3.05) is 13.1 Å². The van der Waals surface area contributed by atoms with Gasteiger partial charge in [-0.2, -0.15) is 0 Å². The minimum atomic E-state index is -0.745. The van der Waals surface area contributed by atoms with E-state index >= 15 is 0 Å². The van der Waals surface area contributed by atoms with Gasteiger partial charge in [0, 0.05) is 19.5 Å². The van der Waals surface area contributed by atoms with Gasteiger partial charge in [-0.1, -0.05) is 32.6 Å². The maximum absolute atomic E-state index is 11.6. The zero-order chi connectivity index (χ0) is 14.8. The molecule has 1 fully saturated rings. The van der Waals surface area contributed by atoms with Crippen LogP contribution in [0.25, 0.3) is 0 Å². The van der Waals surface area contributed by atoms with Crippen LogP contribution in [0.4, 0.5) is 4.79 Å². The standard InChI is InChI=1S/C15H28N2O3/c1-2-12(6-7-14(18)19)8-10-16-15(20)17-11-9-13-4-3-5-13/h12-13H,2-11H2,1H3,(H,18,19)(H2,16,17,20). The molecule has 1 atom stereocenters. The van der Waals surface area contributed by atoms with Gasteiger partial charge in [-0.15, -0.1) is 0 Å². The number of urea groups is 1. The molecule has 3 N–H and O–H groups in total. The second kappa shape index (κ2) is 9.61. The molecule has 1 aliphatic carbocycles. The molecule has 2 amide bonds. The first-order chi connectivity index (χ1) is 9.61. The minimum Gasteiger partial charge on any atom is -0.481 e. The Morgan fingerprint density at radius 1 is 1.20 bits per heavy atom. The number of carbonyl (C=O) groups is 2. The molecule has 0 aromatic carbocycles. The number of aliphatic carboxylic acids is 1. The molecule has 1 rings (SSSR count). The Bertz CT molecular complexity index is 303. The van der Waals surface area contributed by atoms with E-state index < -0.39 is 5.97 Å². The number of amides is 2. The number of carbonyl (C=O) groups excluding carboxylic acids is 1. The number of carboxylic acid groups (broad SMARTS) is 1.